The van der Waals surface area contributed by atoms with Crippen molar-refractivity contribution in [2.75, 3.05) is 24.3 Å². The number of carbonyl (C=O) groups is 1. The van der Waals surface area contributed by atoms with Crippen LogP contribution in [0.2, 0.25) is 0 Å². The molecule has 0 aliphatic carbocycles. The molecule has 0 aromatic heterocycles. The summed E-state index contributed by atoms with van der Waals surface area (Å²) in [5.41, 5.74) is 7.30. The van der Waals surface area contributed by atoms with Crippen molar-refractivity contribution in [3.05, 3.63) is 48.0 Å². The van der Waals surface area contributed by atoms with Gasteiger partial charge in [-0.05, 0) is 31.2 Å². The maximum Gasteiger partial charge on any atom is 0.258 e. The lowest BCUT2D eigenvalue weighted by atomic mass is 10.1. The Morgan fingerprint density at radius 3 is 2.71 bits per heavy atom. The Morgan fingerprint density at radius 2 is 2.05 bits per heavy atom. The van der Waals surface area contributed by atoms with Gasteiger partial charge >= 0.3 is 0 Å². The van der Waals surface area contributed by atoms with E-state index in [2.05, 4.69) is 0 Å². The number of amides is 1. The van der Waals surface area contributed by atoms with E-state index in [1.807, 2.05) is 6.92 Å². The molecule has 5 nitrogen and oxygen atoms in total. The van der Waals surface area contributed by atoms with Gasteiger partial charge < -0.3 is 20.5 Å². The Bertz CT molecular complexity index is 656. The van der Waals surface area contributed by atoms with E-state index >= 15 is 0 Å². The summed E-state index contributed by atoms with van der Waals surface area (Å²) in [7, 11) is 1.64. The van der Waals surface area contributed by atoms with Gasteiger partial charge in [0.25, 0.3) is 5.91 Å². The fourth-order valence-electron chi connectivity index (χ4n) is 2.01. The van der Waals surface area contributed by atoms with Crippen molar-refractivity contribution in [3.63, 3.8) is 0 Å². The second kappa shape index (κ2) is 6.17. The van der Waals surface area contributed by atoms with Gasteiger partial charge in [0.15, 0.2) is 0 Å². The Kier molecular flexibility index (Phi) is 4.33. The second-order valence-electron chi connectivity index (χ2n) is 4.61. The number of nitrogens with two attached hydrogens (primary N) is 1. The number of phenolic OH excluding ortho intramolecular Hbond substituents is 1. The third kappa shape index (κ3) is 3.45. The molecule has 21 heavy (non-hydrogen) atoms. The Labute approximate surface area is 123 Å². The number of benzene rings is 2. The Hall–Kier alpha value is -2.69. The zero-order valence-electron chi connectivity index (χ0n) is 12.0. The second-order valence-corrected chi connectivity index (χ2v) is 4.61. The summed E-state index contributed by atoms with van der Waals surface area (Å²) in [5.74, 6) is 0.439. The summed E-state index contributed by atoms with van der Waals surface area (Å²) in [6, 6.07) is 11.4. The maximum absolute atomic E-state index is 12.5. The quantitative estimate of drug-likeness (QED) is 0.847. The number of rotatable bonds is 4. The minimum absolute atomic E-state index is 0.106. The van der Waals surface area contributed by atoms with E-state index in [1.165, 1.54) is 11.0 Å². The first-order chi connectivity index (χ1) is 10.0. The number of phenols is 1. The maximum atomic E-state index is 12.5. The molecule has 3 N–H and O–H groups in total. The van der Waals surface area contributed by atoms with Crippen LogP contribution in [0.5, 0.6) is 11.5 Å². The number of hydrogen-bond acceptors (Lipinski definition) is 4. The van der Waals surface area contributed by atoms with Crippen LogP contribution in [-0.2, 0) is 0 Å². The number of anilines is 2. The molecular formula is C16H18N2O3. The molecule has 2 aromatic carbocycles. The van der Waals surface area contributed by atoms with Crippen molar-refractivity contribution >= 4 is 17.3 Å². The first-order valence-electron chi connectivity index (χ1n) is 6.61. The standard InChI is InChI=1S/C16H18N2O3/c1-3-21-15-8-11(7-12(17)9-15)16(20)18(2)13-5-4-6-14(19)10-13/h4-10,19H,3,17H2,1-2H3. The summed E-state index contributed by atoms with van der Waals surface area (Å²) < 4.78 is 5.39. The van der Waals surface area contributed by atoms with Gasteiger partial charge in [0.1, 0.15) is 11.5 Å². The number of nitrogen functional groups attached to an aromatic ring is 1. The van der Waals surface area contributed by atoms with Gasteiger partial charge in [0, 0.05) is 36.1 Å². The molecule has 110 valence electrons. The molecular weight excluding hydrogens is 268 g/mol. The number of ether oxygens (including phenoxy) is 1. The predicted octanol–water partition coefficient (Wildman–Crippen LogP) is 2.65. The molecule has 2 rings (SSSR count). The van der Waals surface area contributed by atoms with Gasteiger partial charge in [-0.1, -0.05) is 6.07 Å². The normalized spacial score (nSPS) is 10.2. The molecule has 0 atom stereocenters. The van der Waals surface area contributed by atoms with E-state index in [-0.39, 0.29) is 11.7 Å². The van der Waals surface area contributed by atoms with Crippen LogP contribution in [0.15, 0.2) is 42.5 Å². The smallest absolute Gasteiger partial charge is 0.258 e. The molecule has 0 radical (unpaired) electrons. The van der Waals surface area contributed by atoms with Crippen molar-refractivity contribution in [2.24, 2.45) is 0 Å². The number of carbonyl (C=O) groups excluding carboxylic acids is 1. The average Bonchev–Trinajstić information content (AvgIpc) is 2.45. The minimum Gasteiger partial charge on any atom is -0.508 e. The van der Waals surface area contributed by atoms with E-state index in [9.17, 15) is 9.90 Å². The fourth-order valence-corrected chi connectivity index (χ4v) is 2.01. The molecule has 0 saturated heterocycles. The van der Waals surface area contributed by atoms with Crippen molar-refractivity contribution in [2.45, 2.75) is 6.92 Å². The lowest BCUT2D eigenvalue weighted by molar-refractivity contribution is 0.0992. The SMILES string of the molecule is CCOc1cc(N)cc(C(=O)N(C)c2cccc(O)c2)c1. The van der Waals surface area contributed by atoms with E-state index in [1.54, 1.807) is 43.4 Å². The van der Waals surface area contributed by atoms with Crippen LogP contribution in [0.3, 0.4) is 0 Å². The highest BCUT2D eigenvalue weighted by Gasteiger charge is 2.15. The summed E-state index contributed by atoms with van der Waals surface area (Å²) in [4.78, 5) is 13.9. The zero-order chi connectivity index (χ0) is 15.4. The van der Waals surface area contributed by atoms with Crippen LogP contribution >= 0.6 is 0 Å². The third-order valence-electron chi connectivity index (χ3n) is 3.01. The Morgan fingerprint density at radius 1 is 1.29 bits per heavy atom. The van der Waals surface area contributed by atoms with E-state index in [0.29, 0.717) is 29.3 Å². The first kappa shape index (κ1) is 14.7. The molecule has 0 aliphatic heterocycles. The van der Waals surface area contributed by atoms with Crippen molar-refractivity contribution in [3.8, 4) is 11.5 Å². The lowest BCUT2D eigenvalue weighted by Crippen LogP contribution is -2.26. The fraction of sp³-hybridized carbons (Fsp3) is 0.188. The van der Waals surface area contributed by atoms with Crippen LogP contribution in [0, 0.1) is 0 Å². The van der Waals surface area contributed by atoms with E-state index in [0.717, 1.165) is 0 Å². The summed E-state index contributed by atoms with van der Waals surface area (Å²) in [5, 5.41) is 9.49. The molecule has 0 aliphatic rings. The number of aromatic hydroxyl groups is 1. The van der Waals surface area contributed by atoms with Gasteiger partial charge in [0.05, 0.1) is 6.61 Å². The van der Waals surface area contributed by atoms with Crippen LogP contribution in [0.25, 0.3) is 0 Å². The van der Waals surface area contributed by atoms with Crippen molar-refractivity contribution in [1.29, 1.82) is 0 Å². The van der Waals surface area contributed by atoms with Gasteiger partial charge in [-0.15, -0.1) is 0 Å². The summed E-state index contributed by atoms with van der Waals surface area (Å²) in [6.45, 7) is 2.36. The predicted molar refractivity (Wildman–Crippen MR) is 82.9 cm³/mol. The zero-order valence-corrected chi connectivity index (χ0v) is 12.0. The largest absolute Gasteiger partial charge is 0.508 e. The highest BCUT2D eigenvalue weighted by Crippen LogP contribution is 2.24. The van der Waals surface area contributed by atoms with Crippen LogP contribution in [0.1, 0.15) is 17.3 Å². The lowest BCUT2D eigenvalue weighted by Gasteiger charge is -2.18. The summed E-state index contributed by atoms with van der Waals surface area (Å²) >= 11 is 0. The molecule has 5 heteroatoms. The molecule has 0 fully saturated rings. The monoisotopic (exact) mass is 286 g/mol. The third-order valence-corrected chi connectivity index (χ3v) is 3.01. The molecule has 0 bridgehead atoms. The summed E-state index contributed by atoms with van der Waals surface area (Å²) in [6.07, 6.45) is 0. The van der Waals surface area contributed by atoms with Gasteiger partial charge in [-0.3, -0.25) is 4.79 Å². The van der Waals surface area contributed by atoms with Crippen molar-refractivity contribution in [1.82, 2.24) is 0 Å². The topological polar surface area (TPSA) is 75.8 Å². The van der Waals surface area contributed by atoms with Crippen LogP contribution < -0.4 is 15.4 Å². The molecule has 0 saturated carbocycles. The number of nitrogens with zero attached hydrogens (tertiary/aromatic N) is 1. The number of hydrogen-bond donors (Lipinski definition) is 2. The van der Waals surface area contributed by atoms with Crippen molar-refractivity contribution < 1.29 is 14.6 Å². The molecule has 0 spiro atoms. The molecule has 0 unspecified atom stereocenters. The van der Waals surface area contributed by atoms with Gasteiger partial charge in [-0.2, -0.15) is 0 Å². The minimum atomic E-state index is -0.228. The van der Waals surface area contributed by atoms with Gasteiger partial charge in [-0.25, -0.2) is 0 Å². The molecule has 2 aromatic rings. The molecule has 0 heterocycles. The highest BCUT2D eigenvalue weighted by atomic mass is 16.5. The molecule has 1 amide bonds. The van der Waals surface area contributed by atoms with E-state index < -0.39 is 0 Å². The highest BCUT2D eigenvalue weighted by molar-refractivity contribution is 6.06. The first-order valence-corrected chi connectivity index (χ1v) is 6.61. The van der Waals surface area contributed by atoms with Gasteiger partial charge in [0.2, 0.25) is 0 Å². The van der Waals surface area contributed by atoms with E-state index in [4.69, 9.17) is 10.5 Å². The van der Waals surface area contributed by atoms with Crippen LogP contribution in [0.4, 0.5) is 11.4 Å². The Balaban J connectivity index is 2.31. The average molecular weight is 286 g/mol. The van der Waals surface area contributed by atoms with Crippen LogP contribution in [-0.4, -0.2) is 24.7 Å².